The highest BCUT2D eigenvalue weighted by molar-refractivity contribution is 6.07. The van der Waals surface area contributed by atoms with E-state index in [1.165, 1.54) is 14.2 Å². The van der Waals surface area contributed by atoms with Gasteiger partial charge in [-0.25, -0.2) is 0 Å². The number of hydrogen-bond acceptors (Lipinski definition) is 4. The van der Waals surface area contributed by atoms with Crippen molar-refractivity contribution in [3.8, 4) is 0 Å². The van der Waals surface area contributed by atoms with Crippen LogP contribution in [0.15, 0.2) is 48.5 Å². The van der Waals surface area contributed by atoms with Crippen molar-refractivity contribution in [3.63, 3.8) is 0 Å². The van der Waals surface area contributed by atoms with Crippen molar-refractivity contribution in [1.29, 1.82) is 0 Å². The number of benzene rings is 2. The van der Waals surface area contributed by atoms with Gasteiger partial charge >= 0.3 is 11.9 Å². The summed E-state index contributed by atoms with van der Waals surface area (Å²) < 4.78 is 9.70. The Hall–Kier alpha value is -2.62. The van der Waals surface area contributed by atoms with E-state index in [1.54, 1.807) is 0 Å². The number of esters is 2. The molecule has 2 aromatic carbocycles. The smallest absolute Gasteiger partial charge is 0.324 e. The van der Waals surface area contributed by atoms with Crippen LogP contribution in [0.25, 0.3) is 16.3 Å². The summed E-state index contributed by atoms with van der Waals surface area (Å²) in [6, 6.07) is 13.9. The summed E-state index contributed by atoms with van der Waals surface area (Å²) in [5, 5.41) is 2.15. The van der Waals surface area contributed by atoms with Gasteiger partial charge in [0.15, 0.2) is 5.92 Å². The van der Waals surface area contributed by atoms with Gasteiger partial charge in [0.05, 0.1) is 14.2 Å². The van der Waals surface area contributed by atoms with Crippen molar-refractivity contribution >= 4 is 28.3 Å². The second kappa shape index (κ2) is 9.02. The molecule has 0 radical (unpaired) electrons. The third-order valence-corrected chi connectivity index (χ3v) is 4.19. The van der Waals surface area contributed by atoms with Gasteiger partial charge in [-0.05, 0) is 34.4 Å². The molecule has 0 aliphatic carbocycles. The van der Waals surface area contributed by atoms with Crippen molar-refractivity contribution in [2.75, 3.05) is 14.2 Å². The lowest BCUT2D eigenvalue weighted by atomic mass is 9.89. The van der Waals surface area contributed by atoms with Gasteiger partial charge in [-0.3, -0.25) is 9.59 Å². The Labute approximate surface area is 148 Å². The molecule has 0 amide bonds. The van der Waals surface area contributed by atoms with Gasteiger partial charge in [0.2, 0.25) is 0 Å². The van der Waals surface area contributed by atoms with E-state index in [4.69, 9.17) is 9.47 Å². The number of ether oxygens (including phenoxy) is 2. The number of fused-ring (bicyclic) bond motifs is 1. The number of hydrogen-bond donors (Lipinski definition) is 0. The van der Waals surface area contributed by atoms with E-state index in [-0.39, 0.29) is 0 Å². The molecule has 2 aromatic rings. The largest absolute Gasteiger partial charge is 0.468 e. The number of unbranched alkanes of at least 4 members (excludes halogenated alkanes) is 2. The Morgan fingerprint density at radius 1 is 1.00 bits per heavy atom. The molecule has 0 aliphatic rings. The molecule has 0 aliphatic heterocycles. The molecule has 0 bridgehead atoms. The van der Waals surface area contributed by atoms with E-state index in [9.17, 15) is 9.59 Å². The van der Waals surface area contributed by atoms with Crippen LogP contribution >= 0.6 is 0 Å². The lowest BCUT2D eigenvalue weighted by Gasteiger charge is -2.17. The second-order valence-electron chi connectivity index (χ2n) is 5.84. The fourth-order valence-electron chi connectivity index (χ4n) is 2.82. The lowest BCUT2D eigenvalue weighted by Crippen LogP contribution is -2.27. The Balaban J connectivity index is 2.54. The molecule has 0 aromatic heterocycles. The van der Waals surface area contributed by atoms with Crippen LogP contribution in [-0.4, -0.2) is 26.2 Å². The third kappa shape index (κ3) is 4.47. The van der Waals surface area contributed by atoms with Crippen LogP contribution in [0.3, 0.4) is 0 Å². The molecule has 0 saturated heterocycles. The highest BCUT2D eigenvalue weighted by atomic mass is 16.5. The number of allylic oxidation sites excluding steroid dienone is 1. The minimum atomic E-state index is -1.08. The molecule has 132 valence electrons. The van der Waals surface area contributed by atoms with Crippen LogP contribution in [0.2, 0.25) is 0 Å². The van der Waals surface area contributed by atoms with E-state index in [0.717, 1.165) is 35.6 Å². The highest BCUT2D eigenvalue weighted by Crippen LogP contribution is 2.29. The molecule has 4 nitrogen and oxygen atoms in total. The topological polar surface area (TPSA) is 52.6 Å². The summed E-state index contributed by atoms with van der Waals surface area (Å²) in [6.45, 7) is 2.10. The van der Waals surface area contributed by atoms with Crippen LogP contribution < -0.4 is 0 Å². The van der Waals surface area contributed by atoms with Crippen LogP contribution in [0.5, 0.6) is 0 Å². The molecular formula is C21H24O4. The minimum Gasteiger partial charge on any atom is -0.468 e. The Bertz CT molecular complexity index is 760. The van der Waals surface area contributed by atoms with Gasteiger partial charge < -0.3 is 9.47 Å². The zero-order chi connectivity index (χ0) is 18.2. The number of carbonyl (C=O) groups is 2. The predicted octanol–water partition coefficient (Wildman–Crippen LogP) is 4.38. The predicted molar refractivity (Wildman–Crippen MR) is 99.0 cm³/mol. The van der Waals surface area contributed by atoms with Gasteiger partial charge in [-0.1, -0.05) is 62.2 Å². The van der Waals surface area contributed by atoms with Crippen LogP contribution in [0.4, 0.5) is 0 Å². The normalized spacial score (nSPS) is 11.6. The maximum absolute atomic E-state index is 12.3. The number of carbonyl (C=O) groups excluding carboxylic acids is 2. The molecule has 0 heterocycles. The first-order valence-corrected chi connectivity index (χ1v) is 8.47. The van der Waals surface area contributed by atoms with Crippen molar-refractivity contribution in [2.24, 2.45) is 5.92 Å². The lowest BCUT2D eigenvalue weighted by molar-refractivity contribution is -0.155. The Morgan fingerprint density at radius 2 is 1.64 bits per heavy atom. The van der Waals surface area contributed by atoms with Gasteiger partial charge in [-0.15, -0.1) is 0 Å². The van der Waals surface area contributed by atoms with Crippen molar-refractivity contribution in [1.82, 2.24) is 0 Å². The highest BCUT2D eigenvalue weighted by Gasteiger charge is 2.33. The third-order valence-electron chi connectivity index (χ3n) is 4.19. The first-order valence-electron chi connectivity index (χ1n) is 8.47. The zero-order valence-electron chi connectivity index (χ0n) is 15.0. The Kier molecular flexibility index (Phi) is 6.75. The fraction of sp³-hybridized carbons (Fsp3) is 0.333. The quantitative estimate of drug-likeness (QED) is 0.426. The van der Waals surface area contributed by atoms with E-state index in [0.29, 0.717) is 5.57 Å². The van der Waals surface area contributed by atoms with Gasteiger partial charge in [-0.2, -0.15) is 0 Å². The summed E-state index contributed by atoms with van der Waals surface area (Å²) in [6.07, 6.45) is 4.74. The van der Waals surface area contributed by atoms with Crippen LogP contribution in [0.1, 0.15) is 31.7 Å². The molecule has 0 saturated carbocycles. The van der Waals surface area contributed by atoms with Crippen LogP contribution in [-0.2, 0) is 19.1 Å². The first-order chi connectivity index (χ1) is 12.1. The van der Waals surface area contributed by atoms with Crippen molar-refractivity contribution in [2.45, 2.75) is 26.2 Å². The first kappa shape index (κ1) is 18.7. The minimum absolute atomic E-state index is 0.609. The summed E-state index contributed by atoms with van der Waals surface area (Å²) in [5.41, 5.74) is 1.47. The molecule has 25 heavy (non-hydrogen) atoms. The average molecular weight is 340 g/mol. The molecule has 0 spiro atoms. The average Bonchev–Trinajstić information content (AvgIpc) is 2.66. The summed E-state index contributed by atoms with van der Waals surface area (Å²) >= 11 is 0. The number of rotatable bonds is 7. The SMILES string of the molecule is CCCC/C=C(\c1ccc2ccccc2c1)C(C(=O)OC)C(=O)OC. The standard InChI is InChI=1S/C21H24O4/c1-4-5-6-11-18(19(20(22)24-2)21(23)25-3)17-13-12-15-9-7-8-10-16(15)14-17/h7-14,19H,4-6H2,1-3H3/b18-11+. The fourth-order valence-corrected chi connectivity index (χ4v) is 2.82. The maximum atomic E-state index is 12.3. The van der Waals surface area contributed by atoms with Crippen molar-refractivity contribution in [3.05, 3.63) is 54.1 Å². The maximum Gasteiger partial charge on any atom is 0.324 e. The van der Waals surface area contributed by atoms with Gasteiger partial charge in [0.25, 0.3) is 0 Å². The number of methoxy groups -OCH3 is 2. The van der Waals surface area contributed by atoms with Gasteiger partial charge in [0, 0.05) is 0 Å². The second-order valence-corrected chi connectivity index (χ2v) is 5.84. The molecule has 2 rings (SSSR count). The molecule has 0 fully saturated rings. The summed E-state index contributed by atoms with van der Waals surface area (Å²) in [7, 11) is 2.56. The molecule has 0 N–H and O–H groups in total. The van der Waals surface area contributed by atoms with E-state index in [2.05, 4.69) is 6.92 Å². The molecule has 0 atom stereocenters. The molecule has 4 heteroatoms. The summed E-state index contributed by atoms with van der Waals surface area (Å²) in [5.74, 6) is -2.29. The van der Waals surface area contributed by atoms with E-state index in [1.807, 2.05) is 48.5 Å². The van der Waals surface area contributed by atoms with Crippen molar-refractivity contribution < 1.29 is 19.1 Å². The zero-order valence-corrected chi connectivity index (χ0v) is 15.0. The monoisotopic (exact) mass is 340 g/mol. The van der Waals surface area contributed by atoms with Crippen LogP contribution in [0, 0.1) is 5.92 Å². The van der Waals surface area contributed by atoms with E-state index >= 15 is 0 Å². The van der Waals surface area contributed by atoms with Gasteiger partial charge in [0.1, 0.15) is 0 Å². The Morgan fingerprint density at radius 3 is 2.24 bits per heavy atom. The van der Waals surface area contributed by atoms with E-state index < -0.39 is 17.9 Å². The molecule has 0 unspecified atom stereocenters. The molecular weight excluding hydrogens is 316 g/mol. The summed E-state index contributed by atoms with van der Waals surface area (Å²) in [4.78, 5) is 24.5.